The lowest BCUT2D eigenvalue weighted by molar-refractivity contribution is -0.0732. The SMILES string of the molecule is C=C(COC)C[C@@H](O)OC. The van der Waals surface area contributed by atoms with E-state index in [1.165, 1.54) is 7.11 Å². The average molecular weight is 146 g/mol. The van der Waals surface area contributed by atoms with Crippen LogP contribution in [0, 0.1) is 0 Å². The molecule has 60 valence electrons. The van der Waals surface area contributed by atoms with Crippen molar-refractivity contribution >= 4 is 0 Å². The Morgan fingerprint density at radius 3 is 2.60 bits per heavy atom. The maximum absolute atomic E-state index is 8.92. The van der Waals surface area contributed by atoms with Crippen LogP contribution in [0.25, 0.3) is 0 Å². The third-order valence-corrected chi connectivity index (χ3v) is 1.08. The Morgan fingerprint density at radius 2 is 2.20 bits per heavy atom. The Balaban J connectivity index is 3.37. The summed E-state index contributed by atoms with van der Waals surface area (Å²) in [6.45, 7) is 4.14. The van der Waals surface area contributed by atoms with Crippen molar-refractivity contribution in [2.45, 2.75) is 12.7 Å². The van der Waals surface area contributed by atoms with Gasteiger partial charge in [-0.2, -0.15) is 0 Å². The van der Waals surface area contributed by atoms with Gasteiger partial charge in [0.05, 0.1) is 6.61 Å². The zero-order chi connectivity index (χ0) is 7.98. The van der Waals surface area contributed by atoms with E-state index in [2.05, 4.69) is 11.3 Å². The lowest BCUT2D eigenvalue weighted by Gasteiger charge is -2.09. The largest absolute Gasteiger partial charge is 0.380 e. The van der Waals surface area contributed by atoms with Crippen molar-refractivity contribution in [3.8, 4) is 0 Å². The minimum atomic E-state index is -0.748. The molecule has 0 unspecified atom stereocenters. The fraction of sp³-hybridized carbons (Fsp3) is 0.714. The number of hydrogen-bond donors (Lipinski definition) is 1. The monoisotopic (exact) mass is 146 g/mol. The molecule has 0 fully saturated rings. The second kappa shape index (κ2) is 5.41. The summed E-state index contributed by atoms with van der Waals surface area (Å²) in [5, 5.41) is 8.92. The van der Waals surface area contributed by atoms with Gasteiger partial charge in [-0.15, -0.1) is 0 Å². The van der Waals surface area contributed by atoms with Gasteiger partial charge in [-0.3, -0.25) is 0 Å². The van der Waals surface area contributed by atoms with Crippen molar-refractivity contribution in [3.05, 3.63) is 12.2 Å². The fourth-order valence-corrected chi connectivity index (χ4v) is 0.593. The Morgan fingerprint density at radius 1 is 1.60 bits per heavy atom. The van der Waals surface area contributed by atoms with Crippen LogP contribution in [0.1, 0.15) is 6.42 Å². The number of rotatable bonds is 5. The number of aliphatic hydroxyl groups is 1. The number of aliphatic hydroxyl groups excluding tert-OH is 1. The van der Waals surface area contributed by atoms with E-state index in [0.717, 1.165) is 5.57 Å². The second-order valence-corrected chi connectivity index (χ2v) is 2.08. The molecule has 3 heteroatoms. The van der Waals surface area contributed by atoms with Crippen LogP contribution < -0.4 is 0 Å². The summed E-state index contributed by atoms with van der Waals surface area (Å²) < 4.78 is 9.39. The number of ether oxygens (including phenoxy) is 2. The summed E-state index contributed by atoms with van der Waals surface area (Å²) in [6.07, 6.45) is -0.313. The van der Waals surface area contributed by atoms with E-state index in [1.54, 1.807) is 7.11 Å². The maximum Gasteiger partial charge on any atom is 0.157 e. The molecule has 1 atom stereocenters. The molecule has 0 radical (unpaired) electrons. The maximum atomic E-state index is 8.92. The predicted octanol–water partition coefficient (Wildman–Crippen LogP) is 0.544. The van der Waals surface area contributed by atoms with Gasteiger partial charge in [0.1, 0.15) is 0 Å². The molecule has 10 heavy (non-hydrogen) atoms. The Kier molecular flexibility index (Phi) is 5.20. The van der Waals surface area contributed by atoms with Gasteiger partial charge in [-0.1, -0.05) is 6.58 Å². The molecule has 0 aromatic heterocycles. The summed E-state index contributed by atoms with van der Waals surface area (Å²) in [4.78, 5) is 0. The minimum Gasteiger partial charge on any atom is -0.380 e. The van der Waals surface area contributed by atoms with Crippen LogP contribution in [-0.2, 0) is 9.47 Å². The summed E-state index contributed by atoms with van der Waals surface area (Å²) >= 11 is 0. The Labute approximate surface area is 61.3 Å². The van der Waals surface area contributed by atoms with Crippen LogP contribution in [0.3, 0.4) is 0 Å². The van der Waals surface area contributed by atoms with Gasteiger partial charge in [-0.25, -0.2) is 0 Å². The summed E-state index contributed by atoms with van der Waals surface area (Å²) in [5.41, 5.74) is 0.830. The van der Waals surface area contributed by atoms with E-state index in [1.807, 2.05) is 0 Å². The van der Waals surface area contributed by atoms with Crippen LogP contribution in [0.4, 0.5) is 0 Å². The summed E-state index contributed by atoms with van der Waals surface area (Å²) in [6, 6.07) is 0. The van der Waals surface area contributed by atoms with Gasteiger partial charge in [-0.05, 0) is 5.57 Å². The highest BCUT2D eigenvalue weighted by molar-refractivity contribution is 4.94. The quantitative estimate of drug-likeness (QED) is 0.454. The summed E-state index contributed by atoms with van der Waals surface area (Å²) in [5.74, 6) is 0. The third kappa shape index (κ3) is 4.49. The van der Waals surface area contributed by atoms with Crippen molar-refractivity contribution in [2.75, 3.05) is 20.8 Å². The standard InChI is InChI=1S/C7H14O3/c1-6(5-9-2)4-7(8)10-3/h7-8H,1,4-5H2,2-3H3/t7-/m0/s1. The fourth-order valence-electron chi connectivity index (χ4n) is 0.593. The van der Waals surface area contributed by atoms with E-state index < -0.39 is 6.29 Å². The van der Waals surface area contributed by atoms with Gasteiger partial charge in [0.15, 0.2) is 6.29 Å². The van der Waals surface area contributed by atoms with E-state index in [0.29, 0.717) is 13.0 Å². The molecule has 3 nitrogen and oxygen atoms in total. The molecule has 0 aliphatic carbocycles. The topological polar surface area (TPSA) is 38.7 Å². The number of methoxy groups -OCH3 is 2. The molecule has 0 heterocycles. The van der Waals surface area contributed by atoms with E-state index >= 15 is 0 Å². The molecule has 0 aliphatic heterocycles. The predicted molar refractivity (Wildman–Crippen MR) is 38.6 cm³/mol. The Bertz CT molecular complexity index is 101. The molecule has 0 bridgehead atoms. The lowest BCUT2D eigenvalue weighted by Crippen LogP contribution is -2.11. The average Bonchev–Trinajstić information content (AvgIpc) is 1.88. The van der Waals surface area contributed by atoms with E-state index in [9.17, 15) is 0 Å². The highest BCUT2D eigenvalue weighted by Crippen LogP contribution is 2.02. The van der Waals surface area contributed by atoms with E-state index in [4.69, 9.17) is 9.84 Å². The van der Waals surface area contributed by atoms with Gasteiger partial charge >= 0.3 is 0 Å². The Hall–Kier alpha value is -0.380. The van der Waals surface area contributed by atoms with Crippen molar-refractivity contribution in [1.29, 1.82) is 0 Å². The van der Waals surface area contributed by atoms with Crippen LogP contribution in [0.15, 0.2) is 12.2 Å². The van der Waals surface area contributed by atoms with Crippen LogP contribution in [0.5, 0.6) is 0 Å². The van der Waals surface area contributed by atoms with E-state index in [-0.39, 0.29) is 0 Å². The van der Waals surface area contributed by atoms with Crippen molar-refractivity contribution in [1.82, 2.24) is 0 Å². The molecule has 1 N–H and O–H groups in total. The van der Waals surface area contributed by atoms with Crippen LogP contribution in [-0.4, -0.2) is 32.2 Å². The molecule has 0 amide bonds. The van der Waals surface area contributed by atoms with Gasteiger partial charge in [0.25, 0.3) is 0 Å². The molecule has 0 saturated carbocycles. The molecule has 0 aromatic carbocycles. The van der Waals surface area contributed by atoms with Crippen LogP contribution >= 0.6 is 0 Å². The highest BCUT2D eigenvalue weighted by atomic mass is 16.6. The molecule has 0 aliphatic rings. The highest BCUT2D eigenvalue weighted by Gasteiger charge is 2.02. The molecule has 0 aromatic rings. The smallest absolute Gasteiger partial charge is 0.157 e. The lowest BCUT2D eigenvalue weighted by atomic mass is 10.2. The number of hydrogen-bond acceptors (Lipinski definition) is 3. The van der Waals surface area contributed by atoms with Gasteiger partial charge < -0.3 is 14.6 Å². The van der Waals surface area contributed by atoms with Gasteiger partial charge in [0, 0.05) is 20.6 Å². The van der Waals surface area contributed by atoms with Crippen LogP contribution in [0.2, 0.25) is 0 Å². The van der Waals surface area contributed by atoms with Gasteiger partial charge in [0.2, 0.25) is 0 Å². The molecule has 0 spiro atoms. The molecule has 0 saturated heterocycles. The van der Waals surface area contributed by atoms with Crippen molar-refractivity contribution < 1.29 is 14.6 Å². The third-order valence-electron chi connectivity index (χ3n) is 1.08. The molecular weight excluding hydrogens is 132 g/mol. The first kappa shape index (κ1) is 9.62. The summed E-state index contributed by atoms with van der Waals surface area (Å²) in [7, 11) is 3.04. The zero-order valence-corrected chi connectivity index (χ0v) is 6.46. The zero-order valence-electron chi connectivity index (χ0n) is 6.46. The minimum absolute atomic E-state index is 0.435. The first-order valence-electron chi connectivity index (χ1n) is 3.07. The molecule has 0 rings (SSSR count). The molecular formula is C7H14O3. The first-order chi connectivity index (χ1) is 4.70. The first-order valence-corrected chi connectivity index (χ1v) is 3.07. The van der Waals surface area contributed by atoms with Crippen molar-refractivity contribution in [3.63, 3.8) is 0 Å². The second-order valence-electron chi connectivity index (χ2n) is 2.08. The van der Waals surface area contributed by atoms with Crippen molar-refractivity contribution in [2.24, 2.45) is 0 Å². The normalized spacial score (nSPS) is 13.1.